The van der Waals surface area contributed by atoms with Crippen LogP contribution in [-0.4, -0.2) is 39.7 Å². The average Bonchev–Trinajstić information content (AvgIpc) is 3.13. The Morgan fingerprint density at radius 1 is 1.15 bits per heavy atom. The van der Waals surface area contributed by atoms with Gasteiger partial charge in [-0.25, -0.2) is 0 Å². The third-order valence-corrected chi connectivity index (χ3v) is 4.77. The van der Waals surface area contributed by atoms with Crippen molar-refractivity contribution in [1.29, 1.82) is 0 Å². The van der Waals surface area contributed by atoms with Crippen LogP contribution in [0.4, 0.5) is 0 Å². The van der Waals surface area contributed by atoms with Crippen molar-refractivity contribution in [2.45, 2.75) is 13.1 Å². The average molecular weight is 541 g/mol. The molecule has 27 heavy (non-hydrogen) atoms. The molecule has 8 heteroatoms. The summed E-state index contributed by atoms with van der Waals surface area (Å²) in [6.07, 6.45) is 1.72. The molecule has 3 rings (SSSR count). The predicted octanol–water partition coefficient (Wildman–Crippen LogP) is 3.86. The quantitative estimate of drug-likeness (QED) is 0.303. The van der Waals surface area contributed by atoms with Crippen molar-refractivity contribution in [3.8, 4) is 5.69 Å². The van der Waals surface area contributed by atoms with Gasteiger partial charge in [0.2, 0.25) is 0 Å². The third-order valence-electron chi connectivity index (χ3n) is 4.00. The maximum Gasteiger partial charge on any atom is 0.194 e. The van der Waals surface area contributed by atoms with Crippen molar-refractivity contribution in [1.82, 2.24) is 25.0 Å². The largest absolute Gasteiger partial charge is 0.349 e. The Bertz CT molecular complexity index is 881. The van der Waals surface area contributed by atoms with Crippen LogP contribution in [-0.2, 0) is 13.1 Å². The van der Waals surface area contributed by atoms with Crippen LogP contribution in [0.15, 0.2) is 70.4 Å². The fourth-order valence-corrected chi connectivity index (χ4v) is 3.09. The van der Waals surface area contributed by atoms with E-state index in [-0.39, 0.29) is 24.0 Å². The van der Waals surface area contributed by atoms with Crippen molar-refractivity contribution in [2.24, 2.45) is 4.99 Å². The number of benzene rings is 2. The summed E-state index contributed by atoms with van der Waals surface area (Å²) in [6.45, 7) is 1.27. The number of halogens is 2. The number of guanidine groups is 1. The zero-order valence-electron chi connectivity index (χ0n) is 15.2. The summed E-state index contributed by atoms with van der Waals surface area (Å²) in [4.78, 5) is 6.45. The monoisotopic (exact) mass is 540 g/mol. The van der Waals surface area contributed by atoms with Gasteiger partial charge in [-0.15, -0.1) is 34.2 Å². The molecule has 0 unspecified atom stereocenters. The summed E-state index contributed by atoms with van der Waals surface area (Å²) >= 11 is 3.59. The molecule has 3 aromatic rings. The van der Waals surface area contributed by atoms with Crippen molar-refractivity contribution < 1.29 is 0 Å². The molecule has 0 saturated carbocycles. The van der Waals surface area contributed by atoms with Gasteiger partial charge in [0, 0.05) is 30.8 Å². The molecule has 0 aliphatic carbocycles. The van der Waals surface area contributed by atoms with E-state index in [0.29, 0.717) is 6.54 Å². The fraction of sp³-hybridized carbons (Fsp3) is 0.211. The van der Waals surface area contributed by atoms with Crippen LogP contribution >= 0.6 is 39.9 Å². The summed E-state index contributed by atoms with van der Waals surface area (Å²) in [5.74, 6) is 1.62. The highest BCUT2D eigenvalue weighted by Crippen LogP contribution is 2.17. The van der Waals surface area contributed by atoms with Crippen molar-refractivity contribution >= 4 is 45.9 Å². The molecule has 1 aromatic heterocycles. The molecule has 0 saturated heterocycles. The molecule has 0 spiro atoms. The van der Waals surface area contributed by atoms with Gasteiger partial charge in [0.05, 0.1) is 6.54 Å². The van der Waals surface area contributed by atoms with Crippen LogP contribution in [0.1, 0.15) is 11.4 Å². The maximum absolute atomic E-state index is 4.37. The highest BCUT2D eigenvalue weighted by Gasteiger charge is 2.11. The first-order valence-electron chi connectivity index (χ1n) is 8.28. The molecule has 0 bridgehead atoms. The zero-order chi connectivity index (χ0) is 18.4. The minimum absolute atomic E-state index is 0. The van der Waals surface area contributed by atoms with Gasteiger partial charge in [0.1, 0.15) is 6.33 Å². The lowest BCUT2D eigenvalue weighted by molar-refractivity contribution is 0.474. The lowest BCUT2D eigenvalue weighted by atomic mass is 10.2. The predicted molar refractivity (Wildman–Crippen MR) is 123 cm³/mol. The third kappa shape index (κ3) is 5.52. The van der Waals surface area contributed by atoms with Crippen LogP contribution in [0.5, 0.6) is 0 Å². The van der Waals surface area contributed by atoms with Crippen LogP contribution in [0.2, 0.25) is 0 Å². The number of nitrogens with one attached hydrogen (secondary N) is 1. The lowest BCUT2D eigenvalue weighted by Crippen LogP contribution is -2.38. The molecule has 0 aliphatic rings. The number of rotatable bonds is 5. The number of aromatic nitrogens is 3. The maximum atomic E-state index is 4.37. The van der Waals surface area contributed by atoms with Crippen LogP contribution in [0.3, 0.4) is 0 Å². The van der Waals surface area contributed by atoms with Crippen LogP contribution in [0.25, 0.3) is 5.69 Å². The van der Waals surface area contributed by atoms with Gasteiger partial charge in [-0.1, -0.05) is 52.3 Å². The Balaban J connectivity index is 0.00000261. The molecule has 0 atom stereocenters. The van der Waals surface area contributed by atoms with E-state index >= 15 is 0 Å². The van der Waals surface area contributed by atoms with Gasteiger partial charge >= 0.3 is 0 Å². The molecular weight excluding hydrogens is 519 g/mol. The van der Waals surface area contributed by atoms with E-state index in [4.69, 9.17) is 0 Å². The summed E-state index contributed by atoms with van der Waals surface area (Å²) < 4.78 is 3.06. The van der Waals surface area contributed by atoms with Crippen molar-refractivity contribution in [3.05, 3.63) is 76.8 Å². The summed E-state index contributed by atoms with van der Waals surface area (Å²) in [5, 5.41) is 11.6. The van der Waals surface area contributed by atoms with E-state index in [9.17, 15) is 0 Å². The Morgan fingerprint density at radius 2 is 1.85 bits per heavy atom. The smallest absolute Gasteiger partial charge is 0.194 e. The Kier molecular flexibility index (Phi) is 8.23. The molecule has 2 aromatic carbocycles. The zero-order valence-corrected chi connectivity index (χ0v) is 19.1. The molecule has 0 radical (unpaired) electrons. The first kappa shape index (κ1) is 21.4. The molecule has 6 nitrogen and oxygen atoms in total. The van der Waals surface area contributed by atoms with Gasteiger partial charge in [-0.2, -0.15) is 0 Å². The fourth-order valence-electron chi connectivity index (χ4n) is 2.68. The van der Waals surface area contributed by atoms with Gasteiger partial charge in [-0.3, -0.25) is 9.56 Å². The number of para-hydroxylation sites is 1. The van der Waals surface area contributed by atoms with Gasteiger partial charge in [-0.05, 0) is 23.8 Å². The number of hydrogen-bond donors (Lipinski definition) is 1. The molecule has 1 N–H and O–H groups in total. The Hall–Kier alpha value is -1.94. The molecule has 0 amide bonds. The summed E-state index contributed by atoms with van der Waals surface area (Å²) in [6, 6.07) is 18.2. The second kappa shape index (κ2) is 10.4. The standard InChI is InChI=1S/C19H21BrN6.HI/c1-21-19(25(2)13-15-8-6-7-11-17(15)20)22-12-18-24-23-14-26(18)16-9-4-3-5-10-16;/h3-11,14H,12-13H2,1-2H3,(H,21,22);1H. The Morgan fingerprint density at radius 3 is 2.56 bits per heavy atom. The second-order valence-electron chi connectivity index (χ2n) is 5.80. The molecule has 1 heterocycles. The summed E-state index contributed by atoms with van der Waals surface area (Å²) in [7, 11) is 3.79. The molecule has 0 aliphatic heterocycles. The SMILES string of the molecule is CN=C(NCc1nncn1-c1ccccc1)N(C)Cc1ccccc1Br.I. The highest BCUT2D eigenvalue weighted by molar-refractivity contribution is 14.0. The minimum atomic E-state index is 0. The lowest BCUT2D eigenvalue weighted by Gasteiger charge is -2.22. The number of aliphatic imine (C=N–C) groups is 1. The number of hydrogen-bond acceptors (Lipinski definition) is 3. The Labute approximate surface area is 184 Å². The molecule has 142 valence electrons. The van der Waals surface area contributed by atoms with Crippen molar-refractivity contribution in [2.75, 3.05) is 14.1 Å². The van der Waals surface area contributed by atoms with E-state index in [1.165, 1.54) is 5.56 Å². The van der Waals surface area contributed by atoms with E-state index < -0.39 is 0 Å². The van der Waals surface area contributed by atoms with Gasteiger partial charge in [0.15, 0.2) is 11.8 Å². The van der Waals surface area contributed by atoms with E-state index in [1.54, 1.807) is 13.4 Å². The minimum Gasteiger partial charge on any atom is -0.349 e. The second-order valence-corrected chi connectivity index (χ2v) is 6.66. The van der Waals surface area contributed by atoms with Gasteiger partial charge < -0.3 is 10.2 Å². The highest BCUT2D eigenvalue weighted by atomic mass is 127. The van der Waals surface area contributed by atoms with Crippen molar-refractivity contribution in [3.63, 3.8) is 0 Å². The van der Waals surface area contributed by atoms with Crippen LogP contribution < -0.4 is 5.32 Å². The van der Waals surface area contributed by atoms with E-state index in [1.807, 2.05) is 60.1 Å². The summed E-state index contributed by atoms with van der Waals surface area (Å²) in [5.41, 5.74) is 2.23. The molecular formula is C19H22BrIN6. The van der Waals surface area contributed by atoms with Crippen LogP contribution in [0, 0.1) is 0 Å². The first-order valence-corrected chi connectivity index (χ1v) is 9.08. The topological polar surface area (TPSA) is 58.3 Å². The normalized spacial score (nSPS) is 11.0. The van der Waals surface area contributed by atoms with E-state index in [2.05, 4.69) is 47.4 Å². The van der Waals surface area contributed by atoms with E-state index in [0.717, 1.165) is 28.5 Å². The first-order chi connectivity index (χ1) is 12.7. The number of nitrogens with zero attached hydrogens (tertiary/aromatic N) is 5. The molecule has 0 fully saturated rings. The van der Waals surface area contributed by atoms with Gasteiger partial charge in [0.25, 0.3) is 0 Å².